The molecule has 2 heterocycles. The van der Waals surface area contributed by atoms with Gasteiger partial charge >= 0.3 is 274 Å². The molecule has 0 radical (unpaired) electrons. The normalized spacial score (nSPS) is 20.5. The number of nitrogens with zero attached hydrogens (tertiary/aromatic N) is 4. The summed E-state index contributed by atoms with van der Waals surface area (Å²) in [7, 11) is 0. The molecule has 15 heteroatoms. The Balaban J connectivity index is 1.54. The topological polar surface area (TPSA) is 165 Å². The van der Waals surface area contributed by atoms with Crippen molar-refractivity contribution in [2.75, 3.05) is 10.0 Å². The van der Waals surface area contributed by atoms with Gasteiger partial charge in [-0.1, -0.05) is 0 Å². The molecule has 12 nitrogen and oxygen atoms in total. The Hall–Kier alpha value is -4.84. The average Bonchev–Trinajstić information content (AvgIpc) is 3.59. The van der Waals surface area contributed by atoms with Crippen molar-refractivity contribution in [1.82, 2.24) is 0 Å². The Bertz CT molecular complexity index is 1740. The van der Waals surface area contributed by atoms with E-state index < -0.39 is 37.7 Å². The van der Waals surface area contributed by atoms with Gasteiger partial charge in [-0.05, 0) is 0 Å². The van der Waals surface area contributed by atoms with Crippen molar-refractivity contribution >= 4 is 58.3 Å². The third-order valence-corrected chi connectivity index (χ3v) is 12.8. The summed E-state index contributed by atoms with van der Waals surface area (Å²) in [5.74, 6) is -4.14. The van der Waals surface area contributed by atoms with Crippen LogP contribution in [0.3, 0.4) is 0 Å². The van der Waals surface area contributed by atoms with Crippen LogP contribution in [0.4, 0.5) is 11.4 Å². The van der Waals surface area contributed by atoms with Gasteiger partial charge in [0, 0.05) is 0 Å². The van der Waals surface area contributed by atoms with Crippen LogP contribution in [0.1, 0.15) is 11.1 Å². The van der Waals surface area contributed by atoms with E-state index in [-0.39, 0.29) is 34.7 Å². The first-order valence-corrected chi connectivity index (χ1v) is 17.0. The van der Waals surface area contributed by atoms with Crippen LogP contribution in [-0.2, 0) is 36.2 Å². The molecule has 0 bridgehead atoms. The molecule has 0 amide bonds. The molecular formula is C30H20Cl2N4O8Zn. The number of ether oxygens (including phenoxy) is 2. The van der Waals surface area contributed by atoms with Crippen LogP contribution in [0.25, 0.3) is 0 Å². The maximum atomic E-state index is 13.4. The zero-order chi connectivity index (χ0) is 31.9. The number of halogens is 2. The molecule has 0 saturated carbocycles. The summed E-state index contributed by atoms with van der Waals surface area (Å²) >= 11 is 8.50. The molecule has 2 aliphatic rings. The van der Waals surface area contributed by atoms with E-state index in [0.717, 1.165) is 10.0 Å². The first-order valence-electron chi connectivity index (χ1n) is 13.2. The third-order valence-electron chi connectivity index (χ3n) is 7.15. The number of hydrogen-bond acceptors (Lipinski definition) is 10. The van der Waals surface area contributed by atoms with Crippen molar-refractivity contribution in [3.8, 4) is 11.5 Å². The number of aromatic hydroxyl groups is 2. The van der Waals surface area contributed by atoms with E-state index in [1.807, 2.05) is 0 Å². The molecular weight excluding hydrogens is 681 g/mol. The second-order valence-electron chi connectivity index (χ2n) is 9.99. The number of carboxylic acids is 2. The third kappa shape index (κ3) is 5.29. The fourth-order valence-corrected chi connectivity index (χ4v) is 9.72. The van der Waals surface area contributed by atoms with E-state index in [4.69, 9.17) is 32.7 Å². The van der Waals surface area contributed by atoms with E-state index in [1.165, 1.54) is 36.4 Å². The fourth-order valence-electron chi connectivity index (χ4n) is 4.96. The first kappa shape index (κ1) is 30.2. The second kappa shape index (κ2) is 11.6. The van der Waals surface area contributed by atoms with Crippen molar-refractivity contribution in [1.29, 1.82) is 0 Å². The molecule has 4 N–H and O–H groups in total. The van der Waals surface area contributed by atoms with Gasteiger partial charge < -0.3 is 0 Å². The predicted molar refractivity (Wildman–Crippen MR) is 160 cm³/mol. The molecule has 2 unspecified atom stereocenters. The van der Waals surface area contributed by atoms with Crippen LogP contribution in [0.15, 0.2) is 107 Å². The Morgan fingerprint density at radius 2 is 0.978 bits per heavy atom. The number of carboxylic acid groups (broad SMARTS) is 2. The number of carbonyl (C=O) groups is 2. The minimum atomic E-state index is -3.62. The summed E-state index contributed by atoms with van der Waals surface area (Å²) in [5.41, 5.74) is 0.581. The van der Waals surface area contributed by atoms with Crippen LogP contribution in [0.2, 0.25) is 10.0 Å². The number of hydrogen-bond donors (Lipinski definition) is 4. The van der Waals surface area contributed by atoms with Gasteiger partial charge in [0.2, 0.25) is 0 Å². The van der Waals surface area contributed by atoms with Crippen LogP contribution in [0.5, 0.6) is 11.5 Å². The van der Waals surface area contributed by atoms with Crippen molar-refractivity contribution in [2.24, 2.45) is 10.2 Å². The van der Waals surface area contributed by atoms with Crippen LogP contribution in [0, 0.1) is 0 Å². The van der Waals surface area contributed by atoms with E-state index in [0.29, 0.717) is 21.2 Å². The number of para-hydroxylation sites is 4. The van der Waals surface area contributed by atoms with Gasteiger partial charge in [0.15, 0.2) is 0 Å². The van der Waals surface area contributed by atoms with Gasteiger partial charge in [0.1, 0.15) is 0 Å². The summed E-state index contributed by atoms with van der Waals surface area (Å²) in [6, 6.07) is 24.2. The summed E-state index contributed by atoms with van der Waals surface area (Å²) < 4.78 is 7.41. The summed E-state index contributed by atoms with van der Waals surface area (Å²) in [6.07, 6.45) is 0. The van der Waals surface area contributed by atoms with Crippen LogP contribution in [-0.4, -0.2) is 52.8 Å². The van der Waals surface area contributed by atoms with Gasteiger partial charge in [0.25, 0.3) is 0 Å². The van der Waals surface area contributed by atoms with Gasteiger partial charge in [-0.15, -0.1) is 0 Å². The van der Waals surface area contributed by atoms with Crippen molar-refractivity contribution in [3.63, 3.8) is 0 Å². The number of phenols is 2. The first-order chi connectivity index (χ1) is 21.5. The van der Waals surface area contributed by atoms with Gasteiger partial charge in [-0.3, -0.25) is 0 Å². The molecule has 4 aromatic rings. The van der Waals surface area contributed by atoms with Gasteiger partial charge in [0.05, 0.1) is 0 Å². The average molecular weight is 701 g/mol. The molecule has 4 aromatic carbocycles. The molecule has 0 saturated heterocycles. The summed E-state index contributed by atoms with van der Waals surface area (Å²) in [6.45, 7) is 0. The quantitative estimate of drug-likeness (QED) is 0.183. The van der Waals surface area contributed by atoms with Gasteiger partial charge in [-0.25, -0.2) is 0 Å². The Labute approximate surface area is 272 Å². The number of anilines is 2. The molecule has 0 fully saturated rings. The van der Waals surface area contributed by atoms with E-state index in [9.17, 15) is 30.0 Å². The fraction of sp³-hybridized carbons (Fsp3) is 0.0667. The molecule has 0 aromatic heterocycles. The zero-order valence-electron chi connectivity index (χ0n) is 22.9. The van der Waals surface area contributed by atoms with E-state index >= 15 is 0 Å². The maximum absolute atomic E-state index is 13.4. The zero-order valence-corrected chi connectivity index (χ0v) is 27.4. The molecule has 0 spiro atoms. The standard InChI is InChI=1S/2C15H10ClN2O4.Zn/c2*16-10-7-5-9(6-8-10)13-17-18(14(22-13)15(20)21)11-3-1-2-4-12(11)19;/h2*1-8,19H,(H,20,21);. The van der Waals surface area contributed by atoms with E-state index in [2.05, 4.69) is 10.2 Å². The summed E-state index contributed by atoms with van der Waals surface area (Å²) in [5, 5.41) is 55.1. The monoisotopic (exact) mass is 698 g/mol. The molecule has 224 valence electrons. The van der Waals surface area contributed by atoms with E-state index in [1.54, 1.807) is 60.7 Å². The number of rotatable bonds is 8. The molecule has 2 aliphatic heterocycles. The Kier molecular flexibility index (Phi) is 7.78. The molecule has 45 heavy (non-hydrogen) atoms. The Morgan fingerprint density at radius 3 is 1.31 bits per heavy atom. The van der Waals surface area contributed by atoms with Crippen LogP contribution >= 0.6 is 23.2 Å². The van der Waals surface area contributed by atoms with Crippen molar-refractivity contribution < 1.29 is 56.6 Å². The predicted octanol–water partition coefficient (Wildman–Crippen LogP) is 5.06. The van der Waals surface area contributed by atoms with Gasteiger partial charge in [-0.2, -0.15) is 0 Å². The van der Waals surface area contributed by atoms with Crippen LogP contribution < -0.4 is 10.0 Å². The SMILES string of the molecule is O=C(O)[C]1([Zn][C]2(C(=O)O)OC(c3ccc(Cl)cc3)=NN2c2ccccc2O)OC(c2ccc(Cl)cc2)=NN1c1ccccc1O. The molecule has 6 rings (SSSR count). The van der Waals surface area contributed by atoms with Crippen molar-refractivity contribution in [2.45, 2.75) is 8.64 Å². The minimum absolute atomic E-state index is 0.0547. The number of hydrazone groups is 2. The number of phenolic OH excluding ortho intramolecular Hbond substituents is 2. The summed E-state index contributed by atoms with van der Waals surface area (Å²) in [4.78, 5) is 26.9. The Morgan fingerprint density at radius 1 is 0.622 bits per heavy atom. The molecule has 0 aliphatic carbocycles. The number of benzene rings is 4. The number of aliphatic carboxylic acids is 2. The second-order valence-corrected chi connectivity index (χ2v) is 15.6. The van der Waals surface area contributed by atoms with Crippen molar-refractivity contribution in [3.05, 3.63) is 118 Å². The molecule has 2 atom stereocenters.